The summed E-state index contributed by atoms with van der Waals surface area (Å²) in [5, 5.41) is 0. The summed E-state index contributed by atoms with van der Waals surface area (Å²) in [4.78, 5) is 35.2. The molecule has 9 nitrogen and oxygen atoms in total. The Kier molecular flexibility index (Phi) is 6.60. The van der Waals surface area contributed by atoms with E-state index in [1.165, 1.54) is 37.6 Å². The first-order valence-electron chi connectivity index (χ1n) is 7.65. The summed E-state index contributed by atoms with van der Waals surface area (Å²) in [6.45, 7) is 1.62. The third-order valence-electron chi connectivity index (χ3n) is 3.09. The first-order chi connectivity index (χ1) is 12.5. The van der Waals surface area contributed by atoms with Crippen LogP contribution in [0.2, 0.25) is 0 Å². The van der Waals surface area contributed by atoms with Gasteiger partial charge in [-0.25, -0.2) is 4.79 Å². The van der Waals surface area contributed by atoms with Gasteiger partial charge in [-0.3, -0.25) is 20.4 Å². The molecule has 9 heteroatoms. The van der Waals surface area contributed by atoms with E-state index in [0.29, 0.717) is 18.1 Å². The molecule has 0 unspecified atom stereocenters. The van der Waals surface area contributed by atoms with E-state index in [9.17, 15) is 14.4 Å². The van der Waals surface area contributed by atoms with E-state index >= 15 is 0 Å². The minimum absolute atomic E-state index is 0.0315. The SMILES string of the molecule is CCOc1cc(C(=O)OCC(=O)NNC(=O)c2ccco2)ccc1OC. The Morgan fingerprint density at radius 3 is 2.58 bits per heavy atom. The predicted molar refractivity (Wildman–Crippen MR) is 88.8 cm³/mol. The number of hydrogen-bond acceptors (Lipinski definition) is 7. The normalized spacial score (nSPS) is 9.92. The van der Waals surface area contributed by atoms with Gasteiger partial charge in [-0.2, -0.15) is 0 Å². The first-order valence-corrected chi connectivity index (χ1v) is 7.65. The van der Waals surface area contributed by atoms with Crippen molar-refractivity contribution in [2.24, 2.45) is 0 Å². The highest BCUT2D eigenvalue weighted by Crippen LogP contribution is 2.28. The minimum atomic E-state index is -0.721. The Morgan fingerprint density at radius 1 is 1.12 bits per heavy atom. The van der Waals surface area contributed by atoms with Gasteiger partial charge >= 0.3 is 11.9 Å². The lowest BCUT2D eigenvalue weighted by atomic mass is 10.2. The van der Waals surface area contributed by atoms with E-state index in [4.69, 9.17) is 18.6 Å². The molecule has 26 heavy (non-hydrogen) atoms. The molecular weight excluding hydrogens is 344 g/mol. The molecule has 2 aromatic rings. The quantitative estimate of drug-likeness (QED) is 0.563. The zero-order valence-corrected chi connectivity index (χ0v) is 14.2. The fourth-order valence-corrected chi connectivity index (χ4v) is 1.92. The highest BCUT2D eigenvalue weighted by Gasteiger charge is 2.15. The number of nitrogens with one attached hydrogen (secondary N) is 2. The molecule has 2 rings (SSSR count). The van der Waals surface area contributed by atoms with Gasteiger partial charge in [0.15, 0.2) is 23.9 Å². The standard InChI is InChI=1S/C17H18N2O7/c1-3-24-14-9-11(6-7-12(14)23-2)17(22)26-10-15(20)18-19-16(21)13-5-4-8-25-13/h4-9H,3,10H2,1-2H3,(H,18,20)(H,19,21). The van der Waals surface area contributed by atoms with E-state index in [1.807, 2.05) is 0 Å². The van der Waals surface area contributed by atoms with Crippen LogP contribution in [0.5, 0.6) is 11.5 Å². The van der Waals surface area contributed by atoms with Gasteiger partial charge in [-0.15, -0.1) is 0 Å². The van der Waals surface area contributed by atoms with Gasteiger partial charge < -0.3 is 18.6 Å². The zero-order valence-electron chi connectivity index (χ0n) is 14.2. The molecule has 0 radical (unpaired) electrons. The van der Waals surface area contributed by atoms with Crippen molar-refractivity contribution in [1.29, 1.82) is 0 Å². The summed E-state index contributed by atoms with van der Waals surface area (Å²) in [6.07, 6.45) is 1.32. The van der Waals surface area contributed by atoms with Crippen LogP contribution in [0.25, 0.3) is 0 Å². The van der Waals surface area contributed by atoms with Crippen molar-refractivity contribution in [2.45, 2.75) is 6.92 Å². The Hall–Kier alpha value is -3.49. The average molecular weight is 362 g/mol. The van der Waals surface area contributed by atoms with Gasteiger partial charge in [0.1, 0.15) is 0 Å². The second-order valence-electron chi connectivity index (χ2n) is 4.85. The minimum Gasteiger partial charge on any atom is -0.493 e. The van der Waals surface area contributed by atoms with E-state index in [1.54, 1.807) is 13.0 Å². The number of ether oxygens (including phenoxy) is 3. The van der Waals surface area contributed by atoms with E-state index in [-0.39, 0.29) is 11.3 Å². The summed E-state index contributed by atoms with van der Waals surface area (Å²) in [5.74, 6) is -1.17. The topological polar surface area (TPSA) is 116 Å². The maximum atomic E-state index is 12.0. The second-order valence-corrected chi connectivity index (χ2v) is 4.85. The Balaban J connectivity index is 1.84. The van der Waals surface area contributed by atoms with Crippen LogP contribution in [0.1, 0.15) is 27.8 Å². The lowest BCUT2D eigenvalue weighted by molar-refractivity contribution is -0.125. The molecule has 0 bridgehead atoms. The molecule has 0 aliphatic carbocycles. The van der Waals surface area contributed by atoms with Crippen molar-refractivity contribution < 1.29 is 33.0 Å². The highest BCUT2D eigenvalue weighted by molar-refractivity contribution is 5.94. The molecule has 0 fully saturated rings. The summed E-state index contributed by atoms with van der Waals surface area (Å²) in [5.41, 5.74) is 4.43. The molecule has 1 aromatic heterocycles. The van der Waals surface area contributed by atoms with Crippen LogP contribution in [0.4, 0.5) is 0 Å². The van der Waals surface area contributed by atoms with Crippen LogP contribution in [-0.2, 0) is 9.53 Å². The van der Waals surface area contributed by atoms with Gasteiger partial charge in [-0.05, 0) is 37.3 Å². The number of methoxy groups -OCH3 is 1. The number of carbonyl (C=O) groups is 3. The monoisotopic (exact) mass is 362 g/mol. The Bertz CT molecular complexity index is 771. The Labute approximate surface area is 149 Å². The van der Waals surface area contributed by atoms with Crippen molar-refractivity contribution >= 4 is 17.8 Å². The third kappa shape index (κ3) is 5.00. The number of carbonyl (C=O) groups excluding carboxylic acids is 3. The largest absolute Gasteiger partial charge is 0.493 e. The van der Waals surface area contributed by atoms with Crippen LogP contribution >= 0.6 is 0 Å². The van der Waals surface area contributed by atoms with Crippen LogP contribution in [0.15, 0.2) is 41.0 Å². The van der Waals surface area contributed by atoms with E-state index < -0.39 is 24.4 Å². The number of benzene rings is 1. The third-order valence-corrected chi connectivity index (χ3v) is 3.09. The first kappa shape index (κ1) is 18.8. The van der Waals surface area contributed by atoms with Crippen molar-refractivity contribution in [1.82, 2.24) is 10.9 Å². The molecule has 0 aliphatic rings. The molecular formula is C17H18N2O7. The molecule has 0 aliphatic heterocycles. The summed E-state index contributed by atoms with van der Waals surface area (Å²) in [6, 6.07) is 7.47. The van der Waals surface area contributed by atoms with Crippen molar-refractivity contribution in [2.75, 3.05) is 20.3 Å². The van der Waals surface area contributed by atoms with Crippen molar-refractivity contribution in [3.05, 3.63) is 47.9 Å². The molecule has 0 spiro atoms. The highest BCUT2D eigenvalue weighted by atomic mass is 16.5. The fraction of sp³-hybridized carbons (Fsp3) is 0.235. The zero-order chi connectivity index (χ0) is 18.9. The summed E-state index contributed by atoms with van der Waals surface area (Å²) >= 11 is 0. The van der Waals surface area contributed by atoms with Gasteiger partial charge in [0, 0.05) is 0 Å². The number of rotatable bonds is 7. The number of hydrogen-bond donors (Lipinski definition) is 2. The molecule has 2 N–H and O–H groups in total. The number of amides is 2. The van der Waals surface area contributed by atoms with E-state index in [2.05, 4.69) is 10.9 Å². The van der Waals surface area contributed by atoms with Crippen LogP contribution in [0, 0.1) is 0 Å². The van der Waals surface area contributed by atoms with Crippen molar-refractivity contribution in [3.63, 3.8) is 0 Å². The summed E-state index contributed by atoms with van der Waals surface area (Å²) < 4.78 is 20.3. The van der Waals surface area contributed by atoms with Gasteiger partial charge in [0.05, 0.1) is 25.5 Å². The lowest BCUT2D eigenvalue weighted by Gasteiger charge is -2.11. The Morgan fingerprint density at radius 2 is 1.92 bits per heavy atom. The van der Waals surface area contributed by atoms with Crippen LogP contribution in [0.3, 0.4) is 0 Å². The van der Waals surface area contributed by atoms with Crippen LogP contribution in [-0.4, -0.2) is 38.1 Å². The molecule has 0 atom stereocenters. The number of hydrazine groups is 1. The molecule has 1 aromatic carbocycles. The molecule has 2 amide bonds. The molecule has 0 saturated carbocycles. The van der Waals surface area contributed by atoms with Gasteiger partial charge in [-0.1, -0.05) is 0 Å². The maximum absolute atomic E-state index is 12.0. The van der Waals surface area contributed by atoms with Gasteiger partial charge in [0.25, 0.3) is 5.91 Å². The molecule has 0 saturated heterocycles. The molecule has 1 heterocycles. The average Bonchev–Trinajstić information content (AvgIpc) is 3.19. The second kappa shape index (κ2) is 9.11. The number of esters is 1. The maximum Gasteiger partial charge on any atom is 0.338 e. The lowest BCUT2D eigenvalue weighted by Crippen LogP contribution is -2.43. The van der Waals surface area contributed by atoms with Crippen molar-refractivity contribution in [3.8, 4) is 11.5 Å². The number of furan rings is 1. The van der Waals surface area contributed by atoms with Crippen LogP contribution < -0.4 is 20.3 Å². The summed E-state index contributed by atoms with van der Waals surface area (Å²) in [7, 11) is 1.48. The van der Waals surface area contributed by atoms with E-state index in [0.717, 1.165) is 0 Å². The van der Waals surface area contributed by atoms with Gasteiger partial charge in [0.2, 0.25) is 0 Å². The molecule has 138 valence electrons. The fourth-order valence-electron chi connectivity index (χ4n) is 1.92. The predicted octanol–water partition coefficient (Wildman–Crippen LogP) is 1.30. The smallest absolute Gasteiger partial charge is 0.338 e.